The first-order valence-corrected chi connectivity index (χ1v) is 6.64. The zero-order chi connectivity index (χ0) is 13.5. The highest BCUT2D eigenvalue weighted by molar-refractivity contribution is 5.43. The van der Waals surface area contributed by atoms with Gasteiger partial charge in [-0.2, -0.15) is 0 Å². The Morgan fingerprint density at radius 2 is 1.89 bits per heavy atom. The lowest BCUT2D eigenvalue weighted by molar-refractivity contribution is 0.310. The number of benzene rings is 1. The van der Waals surface area contributed by atoms with E-state index in [2.05, 4.69) is 13.8 Å². The summed E-state index contributed by atoms with van der Waals surface area (Å²) in [5.41, 5.74) is 7.31. The fraction of sp³-hybridized carbons (Fsp3) is 0.600. The maximum absolute atomic E-state index is 6.20. The second-order valence-electron chi connectivity index (χ2n) is 4.92. The van der Waals surface area contributed by atoms with Gasteiger partial charge in [0.15, 0.2) is 11.5 Å². The van der Waals surface area contributed by atoms with Gasteiger partial charge < -0.3 is 15.2 Å². The van der Waals surface area contributed by atoms with Crippen LogP contribution in [0.4, 0.5) is 0 Å². The van der Waals surface area contributed by atoms with Crippen LogP contribution in [-0.4, -0.2) is 13.7 Å². The number of rotatable bonds is 7. The third-order valence-corrected chi connectivity index (χ3v) is 2.97. The van der Waals surface area contributed by atoms with Crippen molar-refractivity contribution in [2.75, 3.05) is 13.7 Å². The van der Waals surface area contributed by atoms with E-state index in [-0.39, 0.29) is 6.04 Å². The lowest BCUT2D eigenvalue weighted by atomic mass is 9.98. The van der Waals surface area contributed by atoms with E-state index in [0.717, 1.165) is 29.9 Å². The highest BCUT2D eigenvalue weighted by Crippen LogP contribution is 2.31. The molecule has 0 heterocycles. The minimum atomic E-state index is 0.0671. The molecule has 0 bridgehead atoms. The smallest absolute Gasteiger partial charge is 0.161 e. The molecule has 0 aliphatic rings. The van der Waals surface area contributed by atoms with Gasteiger partial charge in [0, 0.05) is 6.04 Å². The van der Waals surface area contributed by atoms with Crippen molar-refractivity contribution in [1.82, 2.24) is 0 Å². The van der Waals surface area contributed by atoms with Crippen LogP contribution in [0.1, 0.15) is 45.2 Å². The summed E-state index contributed by atoms with van der Waals surface area (Å²) < 4.78 is 10.8. The summed E-state index contributed by atoms with van der Waals surface area (Å²) in [4.78, 5) is 0. The third kappa shape index (κ3) is 4.22. The quantitative estimate of drug-likeness (QED) is 0.806. The molecule has 0 aliphatic carbocycles. The zero-order valence-corrected chi connectivity index (χ0v) is 11.9. The summed E-state index contributed by atoms with van der Waals surface area (Å²) in [5.74, 6) is 2.22. The van der Waals surface area contributed by atoms with Gasteiger partial charge in [0.1, 0.15) is 0 Å². The summed E-state index contributed by atoms with van der Waals surface area (Å²) in [6, 6.07) is 6.01. The molecular formula is C15H25NO2. The fourth-order valence-corrected chi connectivity index (χ4v) is 1.87. The van der Waals surface area contributed by atoms with E-state index in [9.17, 15) is 0 Å². The SMILES string of the molecule is CCOc1cc([C@H](N)CCC(C)C)ccc1OC. The first kappa shape index (κ1) is 14.8. The molecule has 3 heteroatoms. The van der Waals surface area contributed by atoms with Gasteiger partial charge in [-0.15, -0.1) is 0 Å². The Bertz CT molecular complexity index is 364. The van der Waals surface area contributed by atoms with Crippen molar-refractivity contribution < 1.29 is 9.47 Å². The lowest BCUT2D eigenvalue weighted by Gasteiger charge is -2.16. The highest BCUT2D eigenvalue weighted by Gasteiger charge is 2.11. The van der Waals surface area contributed by atoms with Crippen LogP contribution >= 0.6 is 0 Å². The molecular weight excluding hydrogens is 226 g/mol. The number of hydrogen-bond donors (Lipinski definition) is 1. The monoisotopic (exact) mass is 251 g/mol. The first-order chi connectivity index (χ1) is 8.58. The molecule has 0 fully saturated rings. The van der Waals surface area contributed by atoms with Gasteiger partial charge in [0.25, 0.3) is 0 Å². The van der Waals surface area contributed by atoms with E-state index >= 15 is 0 Å². The average Bonchev–Trinajstić information content (AvgIpc) is 2.36. The second-order valence-corrected chi connectivity index (χ2v) is 4.92. The van der Waals surface area contributed by atoms with E-state index in [1.54, 1.807) is 7.11 Å². The second kappa shape index (κ2) is 7.27. The van der Waals surface area contributed by atoms with Gasteiger partial charge in [-0.3, -0.25) is 0 Å². The first-order valence-electron chi connectivity index (χ1n) is 6.64. The van der Waals surface area contributed by atoms with Crippen LogP contribution in [0.3, 0.4) is 0 Å². The Morgan fingerprint density at radius 3 is 2.44 bits per heavy atom. The zero-order valence-electron chi connectivity index (χ0n) is 11.9. The molecule has 0 saturated carbocycles. The predicted molar refractivity (Wildman–Crippen MR) is 75.2 cm³/mol. The number of ether oxygens (including phenoxy) is 2. The largest absolute Gasteiger partial charge is 0.493 e. The van der Waals surface area contributed by atoms with Crippen molar-refractivity contribution in [2.24, 2.45) is 11.7 Å². The molecule has 18 heavy (non-hydrogen) atoms. The number of hydrogen-bond acceptors (Lipinski definition) is 3. The molecule has 0 radical (unpaired) electrons. The van der Waals surface area contributed by atoms with Crippen LogP contribution in [0.25, 0.3) is 0 Å². The molecule has 0 amide bonds. The minimum Gasteiger partial charge on any atom is -0.493 e. The van der Waals surface area contributed by atoms with Gasteiger partial charge in [-0.05, 0) is 43.4 Å². The van der Waals surface area contributed by atoms with Crippen LogP contribution < -0.4 is 15.2 Å². The number of nitrogens with two attached hydrogens (primary N) is 1. The maximum atomic E-state index is 6.20. The molecule has 0 aromatic heterocycles. The topological polar surface area (TPSA) is 44.5 Å². The summed E-state index contributed by atoms with van der Waals surface area (Å²) in [6.07, 6.45) is 2.13. The summed E-state index contributed by atoms with van der Waals surface area (Å²) in [7, 11) is 1.65. The molecule has 1 aromatic rings. The van der Waals surface area contributed by atoms with E-state index in [4.69, 9.17) is 15.2 Å². The lowest BCUT2D eigenvalue weighted by Crippen LogP contribution is -2.11. The fourth-order valence-electron chi connectivity index (χ4n) is 1.87. The Morgan fingerprint density at radius 1 is 1.17 bits per heavy atom. The molecule has 0 aliphatic heterocycles. The van der Waals surface area contributed by atoms with Crippen molar-refractivity contribution >= 4 is 0 Å². The van der Waals surface area contributed by atoms with Gasteiger partial charge in [0.05, 0.1) is 13.7 Å². The van der Waals surface area contributed by atoms with Crippen molar-refractivity contribution in [3.05, 3.63) is 23.8 Å². The minimum absolute atomic E-state index is 0.0671. The normalized spacial score (nSPS) is 12.6. The molecule has 102 valence electrons. The summed E-state index contributed by atoms with van der Waals surface area (Å²) in [6.45, 7) is 7.02. The standard InChI is InChI=1S/C15H25NO2/c1-5-18-15-10-12(7-9-14(15)17-4)13(16)8-6-11(2)3/h7,9-11,13H,5-6,8,16H2,1-4H3/t13-/m1/s1. The van der Waals surface area contributed by atoms with Gasteiger partial charge >= 0.3 is 0 Å². The Hall–Kier alpha value is -1.22. The van der Waals surface area contributed by atoms with Crippen molar-refractivity contribution in [1.29, 1.82) is 0 Å². The van der Waals surface area contributed by atoms with E-state index in [1.165, 1.54) is 0 Å². The predicted octanol–water partition coefficient (Wildman–Crippen LogP) is 3.53. The van der Waals surface area contributed by atoms with Crippen LogP contribution in [0.2, 0.25) is 0 Å². The van der Waals surface area contributed by atoms with Crippen molar-refractivity contribution in [3.63, 3.8) is 0 Å². The van der Waals surface area contributed by atoms with Gasteiger partial charge in [0.2, 0.25) is 0 Å². The molecule has 3 nitrogen and oxygen atoms in total. The summed E-state index contributed by atoms with van der Waals surface area (Å²) >= 11 is 0. The highest BCUT2D eigenvalue weighted by atomic mass is 16.5. The van der Waals surface area contributed by atoms with Gasteiger partial charge in [-0.25, -0.2) is 0 Å². The van der Waals surface area contributed by atoms with Crippen molar-refractivity contribution in [2.45, 2.75) is 39.7 Å². The third-order valence-electron chi connectivity index (χ3n) is 2.97. The molecule has 1 rings (SSSR count). The van der Waals surface area contributed by atoms with E-state index in [1.807, 2.05) is 25.1 Å². The van der Waals surface area contributed by atoms with E-state index in [0.29, 0.717) is 12.5 Å². The molecule has 0 spiro atoms. The average molecular weight is 251 g/mol. The molecule has 1 aromatic carbocycles. The van der Waals surface area contributed by atoms with Gasteiger partial charge in [-0.1, -0.05) is 19.9 Å². The van der Waals surface area contributed by atoms with Crippen LogP contribution in [0.5, 0.6) is 11.5 Å². The van der Waals surface area contributed by atoms with E-state index < -0.39 is 0 Å². The van der Waals surface area contributed by atoms with Crippen LogP contribution in [0, 0.1) is 5.92 Å². The maximum Gasteiger partial charge on any atom is 0.161 e. The molecule has 0 unspecified atom stereocenters. The molecule has 1 atom stereocenters. The Kier molecular flexibility index (Phi) is 5.99. The van der Waals surface area contributed by atoms with Crippen LogP contribution in [-0.2, 0) is 0 Å². The molecule has 0 saturated heterocycles. The summed E-state index contributed by atoms with van der Waals surface area (Å²) in [5, 5.41) is 0. The van der Waals surface area contributed by atoms with Crippen molar-refractivity contribution in [3.8, 4) is 11.5 Å². The van der Waals surface area contributed by atoms with Crippen LogP contribution in [0.15, 0.2) is 18.2 Å². The molecule has 2 N–H and O–H groups in total. The Balaban J connectivity index is 2.79. The number of methoxy groups -OCH3 is 1. The Labute approximate surface area is 110 Å².